The molecule has 34 heavy (non-hydrogen) atoms. The summed E-state index contributed by atoms with van der Waals surface area (Å²) >= 11 is 7.04. The molecule has 0 aliphatic carbocycles. The first-order valence-electron chi connectivity index (χ1n) is 10.4. The highest BCUT2D eigenvalue weighted by molar-refractivity contribution is 7.13. The molecule has 2 N–H and O–H groups in total. The number of para-hydroxylation sites is 1. The molecule has 0 fully saturated rings. The molecule has 0 aliphatic heterocycles. The normalized spacial score (nSPS) is 10.5. The molecule has 0 radical (unpaired) electrons. The van der Waals surface area contributed by atoms with Gasteiger partial charge in [-0.1, -0.05) is 53.3 Å². The van der Waals surface area contributed by atoms with E-state index in [4.69, 9.17) is 16.3 Å². The lowest BCUT2D eigenvalue weighted by Gasteiger charge is -2.07. The van der Waals surface area contributed by atoms with Gasteiger partial charge in [0.2, 0.25) is 5.01 Å². The molecule has 0 atom stereocenters. The maximum absolute atomic E-state index is 12.4. The number of aryl methyl sites for hydroxylation is 1. The van der Waals surface area contributed by atoms with Crippen LogP contribution in [0.4, 0.5) is 5.69 Å². The lowest BCUT2D eigenvalue weighted by molar-refractivity contribution is 0.0950. The van der Waals surface area contributed by atoms with E-state index < -0.39 is 0 Å². The first-order valence-corrected chi connectivity index (χ1v) is 11.6. The van der Waals surface area contributed by atoms with Gasteiger partial charge in [0.1, 0.15) is 12.4 Å². The highest BCUT2D eigenvalue weighted by Crippen LogP contribution is 2.19. The third-order valence-electron chi connectivity index (χ3n) is 4.90. The van der Waals surface area contributed by atoms with Crippen molar-refractivity contribution in [2.75, 3.05) is 5.32 Å². The number of aromatic nitrogens is 2. The molecule has 1 aromatic heterocycles. The van der Waals surface area contributed by atoms with Crippen molar-refractivity contribution < 1.29 is 14.3 Å². The van der Waals surface area contributed by atoms with Crippen molar-refractivity contribution >= 4 is 40.4 Å². The number of rotatable bonds is 8. The van der Waals surface area contributed by atoms with Crippen molar-refractivity contribution in [3.8, 4) is 5.75 Å². The number of hydrogen-bond donors (Lipinski definition) is 2. The molecule has 7 nitrogen and oxygen atoms in total. The Morgan fingerprint density at radius 3 is 2.41 bits per heavy atom. The molecule has 3 aromatic carbocycles. The molecule has 4 rings (SSSR count). The number of ether oxygens (including phenoxy) is 1. The Labute approximate surface area is 205 Å². The summed E-state index contributed by atoms with van der Waals surface area (Å²) in [5.74, 6) is 0.0808. The highest BCUT2D eigenvalue weighted by Gasteiger charge is 2.14. The topological polar surface area (TPSA) is 93.2 Å². The van der Waals surface area contributed by atoms with E-state index in [1.807, 2.05) is 43.3 Å². The summed E-state index contributed by atoms with van der Waals surface area (Å²) < 4.78 is 5.73. The number of anilines is 1. The molecule has 1 heterocycles. The summed E-state index contributed by atoms with van der Waals surface area (Å²) in [5, 5.41) is 15.2. The number of halogens is 1. The molecule has 0 spiro atoms. The van der Waals surface area contributed by atoms with Gasteiger partial charge in [0, 0.05) is 22.8 Å². The molecule has 9 heteroatoms. The van der Waals surface area contributed by atoms with Gasteiger partial charge in [-0.3, -0.25) is 9.59 Å². The fourth-order valence-corrected chi connectivity index (χ4v) is 3.80. The number of hydrogen-bond acceptors (Lipinski definition) is 6. The Balaban J connectivity index is 1.27. The minimum atomic E-state index is -0.313. The van der Waals surface area contributed by atoms with Gasteiger partial charge in [-0.2, -0.15) is 0 Å². The zero-order valence-electron chi connectivity index (χ0n) is 18.2. The van der Waals surface area contributed by atoms with E-state index in [2.05, 4.69) is 20.8 Å². The zero-order valence-corrected chi connectivity index (χ0v) is 19.8. The van der Waals surface area contributed by atoms with Gasteiger partial charge in [0.25, 0.3) is 11.8 Å². The van der Waals surface area contributed by atoms with Crippen molar-refractivity contribution in [3.05, 3.63) is 105 Å². The van der Waals surface area contributed by atoms with Crippen LogP contribution in [0.1, 0.15) is 36.3 Å². The zero-order chi connectivity index (χ0) is 23.9. The SMILES string of the molecule is Cc1ccccc1NC(=O)c1nnc(COc2ccc(C(=O)NCc3ccc(Cl)cc3)cc2)s1. The van der Waals surface area contributed by atoms with Gasteiger partial charge in [-0.25, -0.2) is 0 Å². The number of amides is 2. The summed E-state index contributed by atoms with van der Waals surface area (Å²) in [5.41, 5.74) is 3.18. The average Bonchev–Trinajstić information content (AvgIpc) is 3.33. The lowest BCUT2D eigenvalue weighted by atomic mass is 10.2. The average molecular weight is 493 g/mol. The minimum absolute atomic E-state index is 0.164. The summed E-state index contributed by atoms with van der Waals surface area (Å²) in [7, 11) is 0. The van der Waals surface area contributed by atoms with Crippen LogP contribution in [-0.2, 0) is 13.2 Å². The molecule has 4 aromatic rings. The second kappa shape index (κ2) is 10.9. The first-order chi connectivity index (χ1) is 16.5. The minimum Gasteiger partial charge on any atom is -0.486 e. The summed E-state index contributed by atoms with van der Waals surface area (Å²) in [6.07, 6.45) is 0. The standard InChI is InChI=1S/C25H21ClN4O3S/c1-16-4-2-3-5-21(16)28-24(32)25-30-29-22(34-25)15-33-20-12-8-18(9-13-20)23(31)27-14-17-6-10-19(26)11-7-17/h2-13H,14-15H2,1H3,(H,27,31)(H,28,32). The third kappa shape index (κ3) is 6.18. The summed E-state index contributed by atoms with van der Waals surface area (Å²) in [6, 6.07) is 21.6. The van der Waals surface area contributed by atoms with Crippen LogP contribution in [0.25, 0.3) is 0 Å². The van der Waals surface area contributed by atoms with Crippen LogP contribution >= 0.6 is 22.9 Å². The Morgan fingerprint density at radius 1 is 0.941 bits per heavy atom. The van der Waals surface area contributed by atoms with Gasteiger partial charge < -0.3 is 15.4 Å². The van der Waals surface area contributed by atoms with Gasteiger partial charge in [-0.15, -0.1) is 10.2 Å². The quantitative estimate of drug-likeness (QED) is 0.350. The van der Waals surface area contributed by atoms with E-state index >= 15 is 0 Å². The van der Waals surface area contributed by atoms with E-state index in [1.165, 1.54) is 11.3 Å². The number of benzene rings is 3. The second-order valence-electron chi connectivity index (χ2n) is 7.39. The van der Waals surface area contributed by atoms with E-state index in [1.54, 1.807) is 36.4 Å². The molecule has 0 bridgehead atoms. The van der Waals surface area contributed by atoms with Gasteiger partial charge in [-0.05, 0) is 60.5 Å². The Bertz CT molecular complexity index is 1290. The lowest BCUT2D eigenvalue weighted by Crippen LogP contribution is -2.22. The largest absolute Gasteiger partial charge is 0.486 e. The van der Waals surface area contributed by atoms with Crippen molar-refractivity contribution in [1.29, 1.82) is 0 Å². The maximum Gasteiger partial charge on any atom is 0.286 e. The predicted molar refractivity (Wildman–Crippen MR) is 132 cm³/mol. The van der Waals surface area contributed by atoms with Crippen LogP contribution in [0.3, 0.4) is 0 Å². The molecule has 0 saturated carbocycles. The fourth-order valence-electron chi connectivity index (χ4n) is 3.03. The van der Waals surface area contributed by atoms with E-state index in [-0.39, 0.29) is 23.4 Å². The molecule has 172 valence electrons. The van der Waals surface area contributed by atoms with Gasteiger partial charge >= 0.3 is 0 Å². The van der Waals surface area contributed by atoms with Crippen LogP contribution in [0.2, 0.25) is 5.02 Å². The molecule has 2 amide bonds. The second-order valence-corrected chi connectivity index (χ2v) is 8.89. The summed E-state index contributed by atoms with van der Waals surface area (Å²) in [6.45, 7) is 2.49. The van der Waals surface area contributed by atoms with Gasteiger partial charge in [0.05, 0.1) is 0 Å². The molecular formula is C25H21ClN4O3S. The van der Waals surface area contributed by atoms with Crippen LogP contribution in [-0.4, -0.2) is 22.0 Å². The van der Waals surface area contributed by atoms with Crippen molar-refractivity contribution in [2.24, 2.45) is 0 Å². The predicted octanol–water partition coefficient (Wildman–Crippen LogP) is 5.26. The Kier molecular flexibility index (Phi) is 7.51. The molecule has 0 aliphatic rings. The van der Waals surface area contributed by atoms with Crippen LogP contribution < -0.4 is 15.4 Å². The molecular weight excluding hydrogens is 472 g/mol. The van der Waals surface area contributed by atoms with E-state index in [9.17, 15) is 9.59 Å². The monoisotopic (exact) mass is 492 g/mol. The highest BCUT2D eigenvalue weighted by atomic mass is 35.5. The number of nitrogens with zero attached hydrogens (tertiary/aromatic N) is 2. The smallest absolute Gasteiger partial charge is 0.286 e. The number of carbonyl (C=O) groups excluding carboxylic acids is 2. The Morgan fingerprint density at radius 2 is 1.68 bits per heavy atom. The maximum atomic E-state index is 12.4. The Hall–Kier alpha value is -3.75. The van der Waals surface area contributed by atoms with Crippen molar-refractivity contribution in [1.82, 2.24) is 15.5 Å². The third-order valence-corrected chi connectivity index (χ3v) is 6.05. The van der Waals surface area contributed by atoms with Crippen molar-refractivity contribution in [2.45, 2.75) is 20.1 Å². The van der Waals surface area contributed by atoms with Crippen LogP contribution in [0.15, 0.2) is 72.8 Å². The van der Waals surface area contributed by atoms with E-state index in [0.29, 0.717) is 27.9 Å². The molecule has 0 saturated heterocycles. The summed E-state index contributed by atoms with van der Waals surface area (Å²) in [4.78, 5) is 24.8. The number of carbonyl (C=O) groups is 2. The van der Waals surface area contributed by atoms with Gasteiger partial charge in [0.15, 0.2) is 5.01 Å². The number of nitrogens with one attached hydrogen (secondary N) is 2. The van der Waals surface area contributed by atoms with Crippen LogP contribution in [0, 0.1) is 6.92 Å². The fraction of sp³-hybridized carbons (Fsp3) is 0.120. The van der Waals surface area contributed by atoms with E-state index in [0.717, 1.165) is 16.8 Å². The van der Waals surface area contributed by atoms with Crippen molar-refractivity contribution in [3.63, 3.8) is 0 Å². The first kappa shape index (κ1) is 23.4. The van der Waals surface area contributed by atoms with Crippen LogP contribution in [0.5, 0.6) is 5.75 Å². The molecule has 0 unspecified atom stereocenters.